The molecule has 6 heteroatoms. The minimum absolute atomic E-state index is 0.0626. The lowest BCUT2D eigenvalue weighted by Gasteiger charge is -2.21. The predicted octanol–water partition coefficient (Wildman–Crippen LogP) is 2.82. The summed E-state index contributed by atoms with van der Waals surface area (Å²) in [5, 5.41) is 0.214. The highest BCUT2D eigenvalue weighted by molar-refractivity contribution is 7.92. The third-order valence-corrected chi connectivity index (χ3v) is 5.59. The SMILES string of the molecule is CCS(=O)(=O)[C@H](C)[C@@H](N)c1ccc(Cl)cc1Cl. The van der Waals surface area contributed by atoms with E-state index < -0.39 is 21.1 Å². The van der Waals surface area contributed by atoms with Crippen molar-refractivity contribution in [3.63, 3.8) is 0 Å². The molecule has 0 radical (unpaired) electrons. The first-order chi connectivity index (χ1) is 7.79. The number of hydrogen-bond donors (Lipinski definition) is 1. The van der Waals surface area contributed by atoms with Crippen molar-refractivity contribution in [3.8, 4) is 0 Å². The summed E-state index contributed by atoms with van der Waals surface area (Å²) in [5.41, 5.74) is 6.54. The normalized spacial score (nSPS) is 15.6. The minimum Gasteiger partial charge on any atom is -0.323 e. The van der Waals surface area contributed by atoms with E-state index in [1.165, 1.54) is 0 Å². The second-order valence-electron chi connectivity index (χ2n) is 3.85. The summed E-state index contributed by atoms with van der Waals surface area (Å²) >= 11 is 11.8. The number of halogens is 2. The van der Waals surface area contributed by atoms with Crippen LogP contribution < -0.4 is 5.73 Å². The number of rotatable bonds is 4. The number of hydrogen-bond acceptors (Lipinski definition) is 3. The average Bonchev–Trinajstić information content (AvgIpc) is 2.27. The summed E-state index contributed by atoms with van der Waals surface area (Å²) in [6.45, 7) is 3.19. The van der Waals surface area contributed by atoms with E-state index in [9.17, 15) is 8.42 Å². The van der Waals surface area contributed by atoms with Crippen LogP contribution in [0.5, 0.6) is 0 Å². The van der Waals surface area contributed by atoms with Gasteiger partial charge >= 0.3 is 0 Å². The van der Waals surface area contributed by atoms with E-state index in [1.807, 2.05) is 0 Å². The predicted molar refractivity (Wildman–Crippen MR) is 72.3 cm³/mol. The number of sulfone groups is 1. The van der Waals surface area contributed by atoms with Gasteiger partial charge in [0.05, 0.1) is 5.25 Å². The average molecular weight is 296 g/mol. The van der Waals surface area contributed by atoms with Crippen molar-refractivity contribution in [3.05, 3.63) is 33.8 Å². The molecule has 0 saturated heterocycles. The molecule has 0 aliphatic carbocycles. The quantitative estimate of drug-likeness (QED) is 0.929. The Morgan fingerprint density at radius 2 is 1.94 bits per heavy atom. The zero-order valence-electron chi connectivity index (χ0n) is 9.65. The summed E-state index contributed by atoms with van der Waals surface area (Å²) in [7, 11) is -3.19. The van der Waals surface area contributed by atoms with E-state index in [2.05, 4.69) is 0 Å². The van der Waals surface area contributed by atoms with Crippen LogP contribution in [-0.4, -0.2) is 19.4 Å². The molecule has 0 spiro atoms. The van der Waals surface area contributed by atoms with Crippen LogP contribution in [0.2, 0.25) is 10.0 Å². The van der Waals surface area contributed by atoms with Crippen molar-refractivity contribution in [2.75, 3.05) is 5.75 Å². The second-order valence-corrected chi connectivity index (χ2v) is 7.34. The molecule has 0 fully saturated rings. The Morgan fingerprint density at radius 1 is 1.35 bits per heavy atom. The van der Waals surface area contributed by atoms with Crippen LogP contribution in [0.15, 0.2) is 18.2 Å². The summed E-state index contributed by atoms with van der Waals surface area (Å²) in [6, 6.07) is 4.22. The van der Waals surface area contributed by atoms with E-state index in [1.54, 1.807) is 32.0 Å². The maximum atomic E-state index is 11.7. The summed E-state index contributed by atoms with van der Waals surface area (Å²) in [5.74, 6) is 0.0626. The number of benzene rings is 1. The highest BCUT2D eigenvalue weighted by Gasteiger charge is 2.27. The lowest BCUT2D eigenvalue weighted by molar-refractivity contribution is 0.566. The second kappa shape index (κ2) is 5.57. The van der Waals surface area contributed by atoms with Gasteiger partial charge in [-0.3, -0.25) is 0 Å². The van der Waals surface area contributed by atoms with E-state index in [4.69, 9.17) is 28.9 Å². The maximum Gasteiger partial charge on any atom is 0.154 e. The first-order valence-electron chi connectivity index (χ1n) is 5.21. The van der Waals surface area contributed by atoms with Crippen molar-refractivity contribution >= 4 is 33.0 Å². The lowest BCUT2D eigenvalue weighted by Crippen LogP contribution is -2.32. The van der Waals surface area contributed by atoms with Crippen LogP contribution >= 0.6 is 23.2 Å². The zero-order valence-corrected chi connectivity index (χ0v) is 12.0. The van der Waals surface area contributed by atoms with Crippen LogP contribution in [0.25, 0.3) is 0 Å². The molecule has 3 nitrogen and oxygen atoms in total. The zero-order chi connectivity index (χ0) is 13.2. The topological polar surface area (TPSA) is 60.2 Å². The number of nitrogens with two attached hydrogens (primary N) is 1. The van der Waals surface area contributed by atoms with Gasteiger partial charge < -0.3 is 5.73 Å². The van der Waals surface area contributed by atoms with Gasteiger partial charge in [-0.05, 0) is 24.6 Å². The van der Waals surface area contributed by atoms with E-state index >= 15 is 0 Å². The Bertz CT molecular complexity index is 502. The molecule has 0 aliphatic rings. The Kier molecular flexibility index (Phi) is 4.84. The van der Waals surface area contributed by atoms with Gasteiger partial charge in [-0.2, -0.15) is 0 Å². The Balaban J connectivity index is 3.09. The monoisotopic (exact) mass is 295 g/mol. The van der Waals surface area contributed by atoms with Gasteiger partial charge in [0.2, 0.25) is 0 Å². The molecule has 2 atom stereocenters. The molecule has 1 rings (SSSR count). The van der Waals surface area contributed by atoms with Crippen LogP contribution in [0.3, 0.4) is 0 Å². The Morgan fingerprint density at radius 3 is 2.41 bits per heavy atom. The molecule has 0 heterocycles. The van der Waals surface area contributed by atoms with Gasteiger partial charge in [-0.1, -0.05) is 36.2 Å². The fourth-order valence-electron chi connectivity index (χ4n) is 1.51. The largest absolute Gasteiger partial charge is 0.323 e. The van der Waals surface area contributed by atoms with Crippen LogP contribution in [0, 0.1) is 0 Å². The first kappa shape index (κ1) is 14.8. The Hall–Kier alpha value is -0.290. The molecular formula is C11H15Cl2NO2S. The lowest BCUT2D eigenvalue weighted by atomic mass is 10.1. The molecule has 0 aliphatic heterocycles. The van der Waals surface area contributed by atoms with E-state index in [0.717, 1.165) is 0 Å². The third-order valence-electron chi connectivity index (χ3n) is 2.80. The van der Waals surface area contributed by atoms with Crippen LogP contribution in [-0.2, 0) is 9.84 Å². The summed E-state index contributed by atoms with van der Waals surface area (Å²) < 4.78 is 23.5. The van der Waals surface area contributed by atoms with Gasteiger partial charge in [0.1, 0.15) is 0 Å². The maximum absolute atomic E-state index is 11.7. The van der Waals surface area contributed by atoms with Gasteiger partial charge in [-0.25, -0.2) is 8.42 Å². The van der Waals surface area contributed by atoms with Crippen molar-refractivity contribution in [1.82, 2.24) is 0 Å². The first-order valence-corrected chi connectivity index (χ1v) is 7.68. The van der Waals surface area contributed by atoms with Crippen LogP contribution in [0.1, 0.15) is 25.5 Å². The molecule has 0 amide bonds. The van der Waals surface area contributed by atoms with Gasteiger partial charge in [0.25, 0.3) is 0 Å². The summed E-state index contributed by atoms with van der Waals surface area (Å²) in [6.07, 6.45) is 0. The molecule has 96 valence electrons. The van der Waals surface area contributed by atoms with Crippen molar-refractivity contribution in [2.45, 2.75) is 25.1 Å². The van der Waals surface area contributed by atoms with E-state index in [0.29, 0.717) is 15.6 Å². The van der Waals surface area contributed by atoms with Crippen molar-refractivity contribution in [2.24, 2.45) is 5.73 Å². The van der Waals surface area contributed by atoms with Crippen molar-refractivity contribution in [1.29, 1.82) is 0 Å². The summed E-state index contributed by atoms with van der Waals surface area (Å²) in [4.78, 5) is 0. The standard InChI is InChI=1S/C11H15Cl2NO2S/c1-3-17(15,16)7(2)11(14)9-5-4-8(12)6-10(9)13/h4-7,11H,3,14H2,1-2H3/t7-,11-/m1/s1. The third kappa shape index (κ3) is 3.35. The smallest absolute Gasteiger partial charge is 0.154 e. The molecule has 0 aromatic heterocycles. The van der Waals surface area contributed by atoms with Gasteiger partial charge in [0, 0.05) is 21.8 Å². The molecule has 17 heavy (non-hydrogen) atoms. The fourth-order valence-corrected chi connectivity index (χ4v) is 3.16. The molecular weight excluding hydrogens is 281 g/mol. The van der Waals surface area contributed by atoms with Gasteiger partial charge in [0.15, 0.2) is 9.84 Å². The Labute approximate surface area is 112 Å². The molecule has 0 saturated carbocycles. The highest BCUT2D eigenvalue weighted by Crippen LogP contribution is 2.29. The fraction of sp³-hybridized carbons (Fsp3) is 0.455. The van der Waals surface area contributed by atoms with Gasteiger partial charge in [-0.15, -0.1) is 0 Å². The minimum atomic E-state index is -3.19. The highest BCUT2D eigenvalue weighted by atomic mass is 35.5. The molecule has 2 N–H and O–H groups in total. The molecule has 1 aromatic carbocycles. The van der Waals surface area contributed by atoms with Crippen LogP contribution in [0.4, 0.5) is 0 Å². The molecule has 0 bridgehead atoms. The van der Waals surface area contributed by atoms with Crippen molar-refractivity contribution < 1.29 is 8.42 Å². The molecule has 0 unspecified atom stereocenters. The molecule has 1 aromatic rings. The van der Waals surface area contributed by atoms with E-state index in [-0.39, 0.29) is 5.75 Å².